The summed E-state index contributed by atoms with van der Waals surface area (Å²) in [5.41, 5.74) is 11.2. The number of amides is 3. The standard InChI is InChI=1S/C56H61ClN12O6/c1-4-49(72)68-26-25-66(31-40(68)15-20-58)52-41-19-24-65(46-10-6-8-37-7-5-9-44(57)50(37)46)32-45(41)60-56(61-52)75-33-36-16-23-67(30-36)55(74)38-17-21-64(22-18-38)29-35-11-13-39(14-12-35)69-53(62-63-54(69)51(59)73)43-27-42(34(2)3)47(70)28-48(43)71/h4-14,27-28,34,36,38,40,70-71H,1,15-19,21-26,29-33H2,2-3H3,(H2,59,73). The molecule has 3 amide bonds. The molecule has 2 unspecified atom stereocenters. The number of nitriles is 1. The Labute approximate surface area is 440 Å². The number of aromatic nitrogens is 5. The van der Waals surface area contributed by atoms with E-state index in [1.54, 1.807) is 11.0 Å². The molecule has 0 spiro atoms. The molecule has 3 fully saturated rings. The Kier molecular flexibility index (Phi) is 14.6. The largest absolute Gasteiger partial charge is 0.508 e. The van der Waals surface area contributed by atoms with Crippen LogP contribution in [0.15, 0.2) is 85.5 Å². The molecule has 2 aromatic heterocycles. The fourth-order valence-corrected chi connectivity index (χ4v) is 11.5. The number of primary amides is 1. The molecule has 0 radical (unpaired) electrons. The van der Waals surface area contributed by atoms with Crippen LogP contribution in [-0.4, -0.2) is 132 Å². The third kappa shape index (κ3) is 10.4. The van der Waals surface area contributed by atoms with Crippen LogP contribution in [0.1, 0.15) is 78.5 Å². The van der Waals surface area contributed by atoms with Gasteiger partial charge in [-0.3, -0.25) is 23.9 Å². The number of benzene rings is 4. The van der Waals surface area contributed by atoms with Crippen molar-refractivity contribution in [1.29, 1.82) is 5.26 Å². The minimum atomic E-state index is -0.777. The topological polar surface area (TPSA) is 223 Å². The molecule has 10 rings (SSSR count). The number of nitrogens with zero attached hydrogens (tertiary/aromatic N) is 11. The highest BCUT2D eigenvalue weighted by Gasteiger charge is 2.36. The fraction of sp³-hybridized carbons (Fsp3) is 0.393. The van der Waals surface area contributed by atoms with Gasteiger partial charge in [-0.1, -0.05) is 68.4 Å². The van der Waals surface area contributed by atoms with Crippen molar-refractivity contribution in [3.63, 3.8) is 0 Å². The number of phenolic OH excluding ortho intramolecular Hbond substituents is 2. The number of hydrogen-bond donors (Lipinski definition) is 3. The van der Waals surface area contributed by atoms with Crippen LogP contribution < -0.4 is 20.3 Å². The first-order valence-electron chi connectivity index (χ1n) is 25.7. The minimum absolute atomic E-state index is 0.0389. The van der Waals surface area contributed by atoms with Crippen molar-refractivity contribution in [2.24, 2.45) is 17.6 Å². The van der Waals surface area contributed by atoms with E-state index in [1.807, 2.05) is 61.2 Å². The number of hydrogen-bond acceptors (Lipinski definition) is 14. The maximum atomic E-state index is 14.0. The van der Waals surface area contributed by atoms with E-state index in [2.05, 4.69) is 55.7 Å². The predicted molar refractivity (Wildman–Crippen MR) is 285 cm³/mol. The van der Waals surface area contributed by atoms with Crippen LogP contribution in [0.3, 0.4) is 0 Å². The number of phenols is 2. The molecule has 4 aromatic carbocycles. The number of rotatable bonds is 14. The SMILES string of the molecule is C=CC(=O)N1CCN(c2nc(OCC3CCN(C(=O)C4CCN(Cc5ccc(-n6c(C(N)=O)nnc6-c6cc(C(C)C)c(O)cc6O)cc5)CC4)C3)nc3c2CCN(c2cccc4cccc(Cl)c24)C3)CC1CC#N. The van der Waals surface area contributed by atoms with E-state index < -0.39 is 5.91 Å². The number of anilines is 2. The van der Waals surface area contributed by atoms with Gasteiger partial charge in [0.1, 0.15) is 17.3 Å². The summed E-state index contributed by atoms with van der Waals surface area (Å²) < 4.78 is 8.01. The second-order valence-electron chi connectivity index (χ2n) is 20.3. The first-order chi connectivity index (χ1) is 36.3. The van der Waals surface area contributed by atoms with E-state index in [-0.39, 0.29) is 71.2 Å². The average molecular weight is 1030 g/mol. The third-order valence-electron chi connectivity index (χ3n) is 15.2. The maximum absolute atomic E-state index is 14.0. The van der Waals surface area contributed by atoms with Crippen molar-refractivity contribution >= 4 is 51.6 Å². The summed E-state index contributed by atoms with van der Waals surface area (Å²) in [5, 5.41) is 42.0. The molecular formula is C56H61ClN12O6. The molecule has 4 aliphatic heterocycles. The van der Waals surface area contributed by atoms with E-state index in [0.29, 0.717) is 80.7 Å². The lowest BCUT2D eigenvalue weighted by molar-refractivity contribution is -0.136. The van der Waals surface area contributed by atoms with Crippen LogP contribution in [0.2, 0.25) is 5.02 Å². The summed E-state index contributed by atoms with van der Waals surface area (Å²) in [6, 6.07) is 24.9. The summed E-state index contributed by atoms with van der Waals surface area (Å²) >= 11 is 6.80. The number of piperazine rings is 1. The summed E-state index contributed by atoms with van der Waals surface area (Å²) in [7, 11) is 0. The van der Waals surface area contributed by atoms with Crippen LogP contribution in [0.25, 0.3) is 27.8 Å². The van der Waals surface area contributed by atoms with Crippen molar-refractivity contribution in [2.45, 2.75) is 71.0 Å². The second kappa shape index (κ2) is 21.6. The van der Waals surface area contributed by atoms with Crippen LogP contribution in [0.4, 0.5) is 11.5 Å². The lowest BCUT2D eigenvalue weighted by Crippen LogP contribution is -2.55. The van der Waals surface area contributed by atoms with E-state index >= 15 is 0 Å². The van der Waals surface area contributed by atoms with Gasteiger partial charge in [0.2, 0.25) is 17.6 Å². The molecule has 75 heavy (non-hydrogen) atoms. The van der Waals surface area contributed by atoms with Crippen LogP contribution >= 0.6 is 11.6 Å². The summed E-state index contributed by atoms with van der Waals surface area (Å²) in [6.45, 7) is 13.9. The molecule has 6 heterocycles. The first-order valence-corrected chi connectivity index (χ1v) is 26.1. The van der Waals surface area contributed by atoms with E-state index in [1.165, 1.54) is 16.7 Å². The number of likely N-dealkylation sites (tertiary alicyclic amines) is 2. The van der Waals surface area contributed by atoms with Gasteiger partial charge in [0.05, 0.1) is 48.0 Å². The fourth-order valence-electron chi connectivity index (χ4n) is 11.3. The Morgan fingerprint density at radius 2 is 1.69 bits per heavy atom. The van der Waals surface area contributed by atoms with E-state index in [0.717, 1.165) is 78.0 Å². The number of ether oxygens (including phenoxy) is 1. The van der Waals surface area contributed by atoms with Crippen molar-refractivity contribution in [2.75, 3.05) is 68.8 Å². The Morgan fingerprint density at radius 3 is 2.43 bits per heavy atom. The van der Waals surface area contributed by atoms with Gasteiger partial charge in [0.15, 0.2) is 5.82 Å². The molecule has 0 aliphatic carbocycles. The number of piperidine rings is 1. The smallest absolute Gasteiger partial charge is 0.318 e. The zero-order valence-corrected chi connectivity index (χ0v) is 43.0. The van der Waals surface area contributed by atoms with Crippen LogP contribution in [0, 0.1) is 23.2 Å². The van der Waals surface area contributed by atoms with Gasteiger partial charge in [-0.05, 0) is 97.6 Å². The first kappa shape index (κ1) is 50.8. The Hall–Kier alpha value is -7.75. The molecule has 388 valence electrons. The van der Waals surface area contributed by atoms with Gasteiger partial charge >= 0.3 is 6.01 Å². The number of carbonyl (C=O) groups is 3. The molecule has 19 heteroatoms. The zero-order chi connectivity index (χ0) is 52.5. The average Bonchev–Trinajstić information content (AvgIpc) is 4.09. The van der Waals surface area contributed by atoms with Gasteiger partial charge in [-0.2, -0.15) is 15.2 Å². The second-order valence-corrected chi connectivity index (χ2v) is 20.7. The summed E-state index contributed by atoms with van der Waals surface area (Å²) in [6.07, 6.45) is 4.45. The van der Waals surface area contributed by atoms with Crippen LogP contribution in [0.5, 0.6) is 17.5 Å². The molecule has 2 atom stereocenters. The monoisotopic (exact) mass is 1030 g/mol. The Bertz CT molecular complexity index is 3200. The molecule has 3 saturated heterocycles. The van der Waals surface area contributed by atoms with Gasteiger partial charge in [0, 0.05) is 86.0 Å². The molecule has 6 aromatic rings. The highest BCUT2D eigenvalue weighted by Crippen LogP contribution is 2.40. The quantitative estimate of drug-likeness (QED) is 0.0937. The van der Waals surface area contributed by atoms with Gasteiger partial charge < -0.3 is 40.3 Å². The highest BCUT2D eigenvalue weighted by molar-refractivity contribution is 6.36. The summed E-state index contributed by atoms with van der Waals surface area (Å²) in [5.74, 6) is -0.170. The normalized spacial score (nSPS) is 18.3. The number of halogens is 1. The highest BCUT2D eigenvalue weighted by atomic mass is 35.5. The zero-order valence-electron chi connectivity index (χ0n) is 42.2. The molecule has 0 saturated carbocycles. The van der Waals surface area contributed by atoms with Crippen molar-refractivity contribution in [3.05, 3.63) is 119 Å². The molecule has 0 bridgehead atoms. The van der Waals surface area contributed by atoms with Gasteiger partial charge in [-0.15, -0.1) is 10.2 Å². The number of carbonyl (C=O) groups excluding carboxylic acids is 3. The molecule has 4 aliphatic rings. The van der Waals surface area contributed by atoms with Gasteiger partial charge in [-0.25, -0.2) is 0 Å². The van der Waals surface area contributed by atoms with Crippen LogP contribution in [-0.2, 0) is 29.1 Å². The van der Waals surface area contributed by atoms with E-state index in [9.17, 15) is 29.9 Å². The Balaban J connectivity index is 0.777. The molecular weight excluding hydrogens is 972 g/mol. The van der Waals surface area contributed by atoms with Gasteiger partial charge in [0.25, 0.3) is 5.91 Å². The lowest BCUT2D eigenvalue weighted by Gasteiger charge is -2.42. The maximum Gasteiger partial charge on any atom is 0.318 e. The van der Waals surface area contributed by atoms with Crippen molar-refractivity contribution < 1.29 is 29.3 Å². The predicted octanol–water partition coefficient (Wildman–Crippen LogP) is 6.98. The lowest BCUT2D eigenvalue weighted by atomic mass is 9.95. The number of aromatic hydroxyl groups is 2. The Morgan fingerprint density at radius 1 is 0.920 bits per heavy atom. The summed E-state index contributed by atoms with van der Waals surface area (Å²) in [4.78, 5) is 59.9. The minimum Gasteiger partial charge on any atom is -0.508 e. The van der Waals surface area contributed by atoms with E-state index in [4.69, 9.17) is 32.0 Å². The molecule has 18 nitrogen and oxygen atoms in total. The molecule has 4 N–H and O–H groups in total. The number of fused-ring (bicyclic) bond motifs is 2. The number of nitrogens with two attached hydrogens (primary N) is 1. The van der Waals surface area contributed by atoms with Crippen molar-refractivity contribution in [3.8, 4) is 40.7 Å². The third-order valence-corrected chi connectivity index (χ3v) is 15.6. The van der Waals surface area contributed by atoms with Crippen molar-refractivity contribution in [1.82, 2.24) is 39.4 Å².